The van der Waals surface area contributed by atoms with Crippen LogP contribution in [0.2, 0.25) is 0 Å². The second kappa shape index (κ2) is 5.52. The second-order valence-corrected chi connectivity index (χ2v) is 4.75. The molecule has 1 rings (SSSR count). The van der Waals surface area contributed by atoms with E-state index in [9.17, 15) is 0 Å². The number of quaternary nitrogens is 1. The molecular formula is C12H24NO+. The minimum Gasteiger partial charge on any atom is -0.391 e. The monoisotopic (exact) mass is 198 g/mol. The van der Waals surface area contributed by atoms with Gasteiger partial charge in [-0.2, -0.15) is 0 Å². The first-order valence-electron chi connectivity index (χ1n) is 5.75. The van der Waals surface area contributed by atoms with Crippen LogP contribution in [-0.2, 0) is 0 Å². The van der Waals surface area contributed by atoms with Crippen molar-refractivity contribution in [1.82, 2.24) is 0 Å². The van der Waals surface area contributed by atoms with Gasteiger partial charge in [0.2, 0.25) is 0 Å². The van der Waals surface area contributed by atoms with E-state index in [-0.39, 0.29) is 0 Å². The first-order valence-corrected chi connectivity index (χ1v) is 5.75. The number of aliphatic hydroxyl groups is 1. The van der Waals surface area contributed by atoms with E-state index in [1.54, 1.807) is 5.57 Å². The third-order valence-electron chi connectivity index (χ3n) is 3.37. The highest BCUT2D eigenvalue weighted by atomic mass is 16.3. The normalized spacial score (nSPS) is 32.9. The maximum atomic E-state index is 8.73. The first kappa shape index (κ1) is 11.7. The Kier molecular flexibility index (Phi) is 4.63. The van der Waals surface area contributed by atoms with Gasteiger partial charge in [0.1, 0.15) is 0 Å². The van der Waals surface area contributed by atoms with Gasteiger partial charge in [-0.25, -0.2) is 0 Å². The molecule has 0 fully saturated rings. The smallest absolute Gasteiger partial charge is 0.0990 e. The van der Waals surface area contributed by atoms with E-state index in [2.05, 4.69) is 32.2 Å². The van der Waals surface area contributed by atoms with Crippen LogP contribution in [0.15, 0.2) is 11.6 Å². The second-order valence-electron chi connectivity index (χ2n) is 4.75. The standard InChI is InChI=1S/C12H23NO/c1-9-6-10(2)12(11(3)7-9)8-13-4-5-14/h6,10-14H,4-5,7-8H2,1-3H3/p+1/t10-,11-,12+/m1/s1. The Bertz CT molecular complexity index is 200. The van der Waals surface area contributed by atoms with Crippen molar-refractivity contribution in [2.45, 2.75) is 27.2 Å². The number of hydrogen-bond acceptors (Lipinski definition) is 1. The topological polar surface area (TPSA) is 36.8 Å². The van der Waals surface area contributed by atoms with E-state index in [0.29, 0.717) is 12.5 Å². The van der Waals surface area contributed by atoms with Crippen LogP contribution >= 0.6 is 0 Å². The van der Waals surface area contributed by atoms with Gasteiger partial charge in [0, 0.05) is 5.92 Å². The van der Waals surface area contributed by atoms with Gasteiger partial charge in [-0.3, -0.25) is 0 Å². The van der Waals surface area contributed by atoms with Crippen molar-refractivity contribution in [2.75, 3.05) is 19.7 Å². The third kappa shape index (κ3) is 3.10. The summed E-state index contributed by atoms with van der Waals surface area (Å²) in [5, 5.41) is 11.0. The summed E-state index contributed by atoms with van der Waals surface area (Å²) < 4.78 is 0. The predicted octanol–water partition coefficient (Wildman–Crippen LogP) is 0.780. The minimum absolute atomic E-state index is 0.296. The zero-order valence-corrected chi connectivity index (χ0v) is 9.66. The molecule has 0 saturated heterocycles. The fraction of sp³-hybridized carbons (Fsp3) is 0.833. The molecule has 3 N–H and O–H groups in total. The lowest BCUT2D eigenvalue weighted by atomic mass is 9.75. The maximum Gasteiger partial charge on any atom is 0.0990 e. The molecule has 0 heterocycles. The fourth-order valence-electron chi connectivity index (χ4n) is 2.67. The summed E-state index contributed by atoms with van der Waals surface area (Å²) in [6, 6.07) is 0. The molecule has 1 aliphatic carbocycles. The van der Waals surface area contributed by atoms with Crippen molar-refractivity contribution in [3.8, 4) is 0 Å². The fourth-order valence-corrected chi connectivity index (χ4v) is 2.67. The SMILES string of the molecule is CC1=C[C@@H](C)[C@H](C[NH2+]CCO)[C@H](C)C1. The van der Waals surface area contributed by atoms with Crippen LogP contribution in [0.4, 0.5) is 0 Å². The molecule has 0 radical (unpaired) electrons. The van der Waals surface area contributed by atoms with E-state index in [0.717, 1.165) is 24.9 Å². The molecule has 0 amide bonds. The van der Waals surface area contributed by atoms with E-state index in [4.69, 9.17) is 5.11 Å². The van der Waals surface area contributed by atoms with Crippen LogP contribution in [0.25, 0.3) is 0 Å². The molecule has 0 aliphatic heterocycles. The van der Waals surface area contributed by atoms with Crippen molar-refractivity contribution in [3.63, 3.8) is 0 Å². The summed E-state index contributed by atoms with van der Waals surface area (Å²) in [6.45, 7) is 9.21. The van der Waals surface area contributed by atoms with Crippen LogP contribution in [0.1, 0.15) is 27.2 Å². The lowest BCUT2D eigenvalue weighted by molar-refractivity contribution is -0.663. The Hall–Kier alpha value is -0.340. The maximum absolute atomic E-state index is 8.73. The minimum atomic E-state index is 0.296. The Morgan fingerprint density at radius 3 is 2.79 bits per heavy atom. The lowest BCUT2D eigenvalue weighted by Gasteiger charge is -2.31. The molecule has 2 nitrogen and oxygen atoms in total. The highest BCUT2D eigenvalue weighted by molar-refractivity contribution is 5.07. The lowest BCUT2D eigenvalue weighted by Crippen LogP contribution is -2.87. The molecule has 0 aromatic heterocycles. The highest BCUT2D eigenvalue weighted by Crippen LogP contribution is 2.32. The van der Waals surface area contributed by atoms with Crippen LogP contribution in [0, 0.1) is 17.8 Å². The zero-order chi connectivity index (χ0) is 10.6. The molecule has 1 aliphatic rings. The van der Waals surface area contributed by atoms with Gasteiger partial charge in [0.15, 0.2) is 0 Å². The Morgan fingerprint density at radius 1 is 1.50 bits per heavy atom. The third-order valence-corrected chi connectivity index (χ3v) is 3.37. The van der Waals surface area contributed by atoms with Crippen molar-refractivity contribution in [3.05, 3.63) is 11.6 Å². The van der Waals surface area contributed by atoms with Gasteiger partial charge in [-0.1, -0.05) is 25.5 Å². The molecule has 0 aromatic rings. The van der Waals surface area contributed by atoms with Gasteiger partial charge >= 0.3 is 0 Å². The highest BCUT2D eigenvalue weighted by Gasteiger charge is 2.27. The number of hydrogen-bond donors (Lipinski definition) is 2. The summed E-state index contributed by atoms with van der Waals surface area (Å²) in [6.07, 6.45) is 3.67. The molecule has 0 saturated carbocycles. The summed E-state index contributed by atoms with van der Waals surface area (Å²) >= 11 is 0. The van der Waals surface area contributed by atoms with Crippen LogP contribution in [0.5, 0.6) is 0 Å². The number of aliphatic hydroxyl groups excluding tert-OH is 1. The van der Waals surface area contributed by atoms with Crippen LogP contribution < -0.4 is 5.32 Å². The molecule has 0 unspecified atom stereocenters. The van der Waals surface area contributed by atoms with E-state index >= 15 is 0 Å². The van der Waals surface area contributed by atoms with E-state index in [1.165, 1.54) is 6.42 Å². The van der Waals surface area contributed by atoms with E-state index < -0.39 is 0 Å². The molecule has 2 heteroatoms. The van der Waals surface area contributed by atoms with Crippen molar-refractivity contribution in [2.24, 2.45) is 17.8 Å². The Balaban J connectivity index is 2.43. The summed E-state index contributed by atoms with van der Waals surface area (Å²) in [4.78, 5) is 0. The number of allylic oxidation sites excluding steroid dienone is 2. The molecule has 82 valence electrons. The van der Waals surface area contributed by atoms with Gasteiger partial charge in [0.25, 0.3) is 0 Å². The Labute approximate surface area is 87.4 Å². The largest absolute Gasteiger partial charge is 0.391 e. The van der Waals surface area contributed by atoms with E-state index in [1.807, 2.05) is 0 Å². The van der Waals surface area contributed by atoms with Crippen molar-refractivity contribution in [1.29, 1.82) is 0 Å². The molecule has 0 spiro atoms. The molecule has 14 heavy (non-hydrogen) atoms. The summed E-state index contributed by atoms with van der Waals surface area (Å²) in [5.41, 5.74) is 1.54. The zero-order valence-electron chi connectivity index (χ0n) is 9.66. The quantitative estimate of drug-likeness (QED) is 0.508. The van der Waals surface area contributed by atoms with Crippen LogP contribution in [-0.4, -0.2) is 24.8 Å². The van der Waals surface area contributed by atoms with Crippen molar-refractivity contribution >= 4 is 0 Å². The van der Waals surface area contributed by atoms with Crippen molar-refractivity contribution < 1.29 is 10.4 Å². The summed E-state index contributed by atoms with van der Waals surface area (Å²) in [7, 11) is 0. The molecular weight excluding hydrogens is 174 g/mol. The van der Waals surface area contributed by atoms with Gasteiger partial charge < -0.3 is 10.4 Å². The molecule has 0 bridgehead atoms. The average molecular weight is 198 g/mol. The first-order chi connectivity index (χ1) is 6.65. The predicted molar refractivity (Wildman–Crippen MR) is 58.9 cm³/mol. The van der Waals surface area contributed by atoms with Gasteiger partial charge in [-0.15, -0.1) is 0 Å². The van der Waals surface area contributed by atoms with Crippen LogP contribution in [0.3, 0.4) is 0 Å². The van der Waals surface area contributed by atoms with Gasteiger partial charge in [-0.05, 0) is 25.2 Å². The van der Waals surface area contributed by atoms with Gasteiger partial charge in [0.05, 0.1) is 19.7 Å². The number of rotatable bonds is 4. The molecule has 0 aromatic carbocycles. The molecule has 3 atom stereocenters. The Morgan fingerprint density at radius 2 is 2.21 bits per heavy atom. The number of nitrogens with two attached hydrogens (primary N) is 1. The summed E-state index contributed by atoms with van der Waals surface area (Å²) in [5.74, 6) is 2.28. The average Bonchev–Trinajstić information content (AvgIpc) is 2.09.